The van der Waals surface area contributed by atoms with Crippen LogP contribution in [0.1, 0.15) is 82.1 Å². The average Bonchev–Trinajstić information content (AvgIpc) is 3.32. The first-order valence-electron chi connectivity index (χ1n) is 12.1. The number of hydrogen-bond donors (Lipinski definition) is 2. The van der Waals surface area contributed by atoms with Crippen LogP contribution in [0, 0.1) is 0 Å². The van der Waals surface area contributed by atoms with Crippen molar-refractivity contribution in [2.75, 3.05) is 33.6 Å². The summed E-state index contributed by atoms with van der Waals surface area (Å²) in [6, 6.07) is 3.69. The molecule has 7 heteroatoms. The summed E-state index contributed by atoms with van der Waals surface area (Å²) in [6.07, 6.45) is 13.0. The molecular weight excluding hydrogens is 424 g/mol. The number of unbranched alkanes of at least 4 members (excludes halogenated alkanes) is 9. The van der Waals surface area contributed by atoms with Gasteiger partial charge in [0.25, 0.3) is 0 Å². The number of carbonyl (C=O) groups excluding carboxylic acids is 1. The molecule has 6 nitrogen and oxygen atoms in total. The summed E-state index contributed by atoms with van der Waals surface area (Å²) in [5, 5.41) is 6.55. The Bertz CT molecular complexity index is 661. The van der Waals surface area contributed by atoms with Crippen LogP contribution in [0.3, 0.4) is 0 Å². The molecule has 2 N–H and O–H groups in total. The van der Waals surface area contributed by atoms with Crippen molar-refractivity contribution in [3.05, 3.63) is 17.7 Å². The van der Waals surface area contributed by atoms with Crippen LogP contribution < -0.4 is 24.8 Å². The lowest BCUT2D eigenvalue weighted by molar-refractivity contribution is -0.122. The van der Waals surface area contributed by atoms with Crippen molar-refractivity contribution in [3.8, 4) is 17.2 Å². The maximum Gasteiger partial charge on any atom is 0.238 e. The molecule has 1 unspecified atom stereocenters. The second-order valence-corrected chi connectivity index (χ2v) is 9.50. The van der Waals surface area contributed by atoms with Crippen LogP contribution in [0.15, 0.2) is 12.1 Å². The summed E-state index contributed by atoms with van der Waals surface area (Å²) in [5.74, 6) is 2.65. The third-order valence-corrected chi connectivity index (χ3v) is 7.19. The number of benzene rings is 1. The van der Waals surface area contributed by atoms with E-state index in [0.717, 1.165) is 24.3 Å². The summed E-state index contributed by atoms with van der Waals surface area (Å²) in [5.41, 5.74) is 1.01. The topological polar surface area (TPSA) is 68.8 Å². The van der Waals surface area contributed by atoms with Crippen molar-refractivity contribution < 1.29 is 19.0 Å². The van der Waals surface area contributed by atoms with Gasteiger partial charge in [-0.2, -0.15) is 0 Å². The van der Waals surface area contributed by atoms with Gasteiger partial charge >= 0.3 is 0 Å². The largest absolute Gasteiger partial charge is 0.493 e. The first-order chi connectivity index (χ1) is 15.6. The molecule has 1 heterocycles. The van der Waals surface area contributed by atoms with E-state index in [1.54, 1.807) is 33.1 Å². The van der Waals surface area contributed by atoms with Gasteiger partial charge in [-0.05, 0) is 24.1 Å². The molecule has 0 spiro atoms. The molecule has 1 aliphatic rings. The quantitative estimate of drug-likeness (QED) is 0.316. The highest BCUT2D eigenvalue weighted by Crippen LogP contribution is 2.43. The molecule has 0 aliphatic carbocycles. The molecule has 1 aliphatic heterocycles. The van der Waals surface area contributed by atoms with Gasteiger partial charge in [0.05, 0.1) is 32.7 Å². The van der Waals surface area contributed by atoms with Gasteiger partial charge in [-0.25, -0.2) is 0 Å². The first kappa shape index (κ1) is 26.7. The van der Waals surface area contributed by atoms with Gasteiger partial charge in [-0.3, -0.25) is 10.1 Å². The molecule has 182 valence electrons. The first-order valence-corrected chi connectivity index (χ1v) is 13.1. The van der Waals surface area contributed by atoms with Crippen LogP contribution in [0.25, 0.3) is 0 Å². The minimum absolute atomic E-state index is 0.0109. The molecular formula is C25H42N2O4S. The lowest BCUT2D eigenvalue weighted by Gasteiger charge is -2.18. The Morgan fingerprint density at radius 2 is 1.50 bits per heavy atom. The van der Waals surface area contributed by atoms with E-state index in [2.05, 4.69) is 17.6 Å². The van der Waals surface area contributed by atoms with E-state index >= 15 is 0 Å². The molecule has 0 saturated carbocycles. The van der Waals surface area contributed by atoms with Crippen LogP contribution in [0.2, 0.25) is 0 Å². The molecule has 32 heavy (non-hydrogen) atoms. The van der Waals surface area contributed by atoms with Crippen molar-refractivity contribution in [1.29, 1.82) is 0 Å². The van der Waals surface area contributed by atoms with E-state index in [4.69, 9.17) is 14.2 Å². The normalized spacial score (nSPS) is 17.9. The van der Waals surface area contributed by atoms with E-state index in [-0.39, 0.29) is 17.3 Å². The van der Waals surface area contributed by atoms with Crippen molar-refractivity contribution in [1.82, 2.24) is 10.6 Å². The molecule has 0 aromatic heterocycles. The number of hydrogen-bond acceptors (Lipinski definition) is 6. The number of methoxy groups -OCH3 is 3. The van der Waals surface area contributed by atoms with Crippen LogP contribution in [0.5, 0.6) is 17.2 Å². The maximum absolute atomic E-state index is 12.6. The average molecular weight is 467 g/mol. The second kappa shape index (κ2) is 15.3. The fourth-order valence-electron chi connectivity index (χ4n) is 4.02. The van der Waals surface area contributed by atoms with Gasteiger partial charge in [-0.1, -0.05) is 64.7 Å². The number of rotatable bonds is 16. The highest BCUT2D eigenvalue weighted by atomic mass is 32.2. The molecule has 1 aromatic rings. The summed E-state index contributed by atoms with van der Waals surface area (Å²) >= 11 is 1.72. The van der Waals surface area contributed by atoms with E-state index in [1.165, 1.54) is 57.8 Å². The highest BCUT2D eigenvalue weighted by Gasteiger charge is 2.31. The Kier molecular flexibility index (Phi) is 12.7. The Balaban J connectivity index is 1.67. The smallest absolute Gasteiger partial charge is 0.238 e. The lowest BCUT2D eigenvalue weighted by Crippen LogP contribution is -2.42. The van der Waals surface area contributed by atoms with Crippen molar-refractivity contribution in [2.45, 2.75) is 82.5 Å². The van der Waals surface area contributed by atoms with Crippen LogP contribution in [-0.2, 0) is 4.79 Å². The second-order valence-electron chi connectivity index (χ2n) is 8.36. The summed E-state index contributed by atoms with van der Waals surface area (Å²) in [6.45, 7) is 3.02. The fraction of sp³-hybridized carbons (Fsp3) is 0.720. The predicted octanol–water partition coefficient (Wildman–Crippen LogP) is 5.45. The van der Waals surface area contributed by atoms with Crippen LogP contribution in [-0.4, -0.2) is 45.6 Å². The number of nitrogens with one attached hydrogen (secondary N) is 2. The fourth-order valence-corrected chi connectivity index (χ4v) is 5.24. The molecule has 1 fully saturated rings. The molecule has 2 rings (SSSR count). The summed E-state index contributed by atoms with van der Waals surface area (Å²) in [4.78, 5) is 12.6. The van der Waals surface area contributed by atoms with Crippen molar-refractivity contribution in [2.24, 2.45) is 0 Å². The molecule has 1 amide bonds. The van der Waals surface area contributed by atoms with E-state index in [9.17, 15) is 4.79 Å². The maximum atomic E-state index is 12.6. The highest BCUT2D eigenvalue weighted by molar-refractivity contribution is 7.99. The standard InChI is InChI=1S/C25H42N2O4S/c1-5-6-7-8-9-10-11-12-13-14-15-26-24(28)20-18-32-25(27-20)19-16-21(29-2)23(31-4)22(17-19)30-3/h16-17,20,25,27H,5-15,18H2,1-4H3,(H,26,28)/t20-,25?/m0/s1. The van der Waals surface area contributed by atoms with E-state index in [0.29, 0.717) is 17.2 Å². The van der Waals surface area contributed by atoms with E-state index < -0.39 is 0 Å². The zero-order chi connectivity index (χ0) is 23.2. The molecule has 0 radical (unpaired) electrons. The van der Waals surface area contributed by atoms with Gasteiger partial charge in [-0.15, -0.1) is 11.8 Å². The van der Waals surface area contributed by atoms with Gasteiger partial charge in [0, 0.05) is 12.3 Å². The van der Waals surface area contributed by atoms with Crippen molar-refractivity contribution in [3.63, 3.8) is 0 Å². The number of carbonyl (C=O) groups is 1. The predicted molar refractivity (Wildman–Crippen MR) is 133 cm³/mol. The van der Waals surface area contributed by atoms with Gasteiger partial charge in [0.2, 0.25) is 11.7 Å². The van der Waals surface area contributed by atoms with Crippen LogP contribution >= 0.6 is 11.8 Å². The minimum Gasteiger partial charge on any atom is -0.493 e. The molecule has 2 atom stereocenters. The zero-order valence-corrected chi connectivity index (χ0v) is 21.2. The number of ether oxygens (including phenoxy) is 3. The zero-order valence-electron chi connectivity index (χ0n) is 20.3. The third-order valence-electron chi connectivity index (χ3n) is 5.92. The van der Waals surface area contributed by atoms with Crippen LogP contribution in [0.4, 0.5) is 0 Å². The Labute approximate surface area is 198 Å². The van der Waals surface area contributed by atoms with E-state index in [1.807, 2.05) is 12.1 Å². The van der Waals surface area contributed by atoms with Crippen molar-refractivity contribution >= 4 is 17.7 Å². The van der Waals surface area contributed by atoms with Gasteiger partial charge < -0.3 is 19.5 Å². The summed E-state index contributed by atoms with van der Waals surface area (Å²) in [7, 11) is 4.82. The number of thioether (sulfide) groups is 1. The third kappa shape index (κ3) is 8.39. The Hall–Kier alpha value is -1.60. The molecule has 0 bridgehead atoms. The molecule has 1 aromatic carbocycles. The number of amides is 1. The summed E-state index contributed by atoms with van der Waals surface area (Å²) < 4.78 is 16.3. The Morgan fingerprint density at radius 1 is 0.938 bits per heavy atom. The monoisotopic (exact) mass is 466 g/mol. The Morgan fingerprint density at radius 3 is 2.03 bits per heavy atom. The SMILES string of the molecule is CCCCCCCCCCCCNC(=O)[C@@H]1CSC(c2cc(OC)c(OC)c(OC)c2)N1. The minimum atomic E-state index is -0.188. The lowest BCUT2D eigenvalue weighted by atomic mass is 10.1. The van der Waals surface area contributed by atoms with Gasteiger partial charge in [0.15, 0.2) is 11.5 Å². The molecule has 1 saturated heterocycles. The van der Waals surface area contributed by atoms with Gasteiger partial charge in [0.1, 0.15) is 0 Å².